The smallest absolute Gasteiger partial charge is 0.512 e. The maximum atomic E-state index is 13.4. The van der Waals surface area contributed by atoms with Crippen LogP contribution in [0.1, 0.15) is 137 Å². The van der Waals surface area contributed by atoms with E-state index in [0.717, 1.165) is 127 Å². The summed E-state index contributed by atoms with van der Waals surface area (Å²) in [5, 5.41) is 46.6. The SMILES string of the molecule is CC(=O)N1CCN(c2ccc(N)cc2)CC1.CC(=O)N1CCN(c2ccc(Nc3nc(NCC4CCN(C(=O)OC(C)(C)C)CC4)c4c(C#N)c[nH]c4n3)cc2)CC1.Cc1ccc(S(=O)(=O)n2cc(C#N)c3c(NCC4CCN(C(=O)OC(C)(C)C)CC4)nc(Cl)nc32)cc1.Cc1ccc(S(=O)(=O)n2cc(I)c3c(NCC4CCN(C(=O)OC(C)(C)C)CC4)nc(Cl)nc32)cc1.[C-]#N.[C-]#N.[Zn+2]. The first kappa shape index (κ1) is 108. The summed E-state index contributed by atoms with van der Waals surface area (Å²) in [7, 11) is -7.90. The summed E-state index contributed by atoms with van der Waals surface area (Å²) >= 11 is 14.5. The number of piperazine rings is 2. The standard InChI is InChI=1S/C30H39N9O3.C25H29ClN6O4S.C24H29ClIN5O4S.C12H17N3O.2CN.Zn/c1-20(40)37-13-15-38(16-14-37)24-7-5-23(6-8-24)34-28-35-26(25-22(17-31)19-33-27(25)36-28)32-18-21-9-11-39(12-10-21)29(41)42-30(2,3)4;1-16-5-7-19(8-6-16)37(34,35)32-15-18(13-27)20-21(29-23(26)30-22(20)32)28-14-17-9-11-31(12-10-17)24(33)36-25(2,3)4;1-15-5-7-17(8-6-15)36(33,34)31-14-18(26)19-20(28-22(25)29-21(19)31)27-13-16-9-11-30(12-10-16)23(32)35-24(2,3)4;1-10(16)14-6-8-15(9-7-14)12-4-2-11(13)3-5-12;2*1-2;/h5-8,19,21H,9-16,18H2,1-4H3,(H3,32,33,34,35,36);5-8,15,17H,9-12,14H2,1-4H3,(H,28,29,30);5-8,14,16H,9-13H2,1-4H3,(H,27,28,29);2-5H,6-9,13H2,1H3;;;/q;;;;2*-1;+2. The van der Waals surface area contributed by atoms with Gasteiger partial charge >= 0.3 is 37.8 Å². The molecular formula is C93H114Cl2IN25O12S2Zn. The number of amides is 5. The molecule has 4 aromatic carbocycles. The Hall–Kier alpha value is -12.1. The number of nitrogen functional groups attached to an aromatic ring is 1. The predicted molar refractivity (Wildman–Crippen MR) is 525 cm³/mol. The Balaban J connectivity index is 0.000000207. The van der Waals surface area contributed by atoms with Gasteiger partial charge in [0, 0.05) is 170 Å². The van der Waals surface area contributed by atoms with Crippen molar-refractivity contribution in [1.82, 2.24) is 67.3 Å². The quantitative estimate of drug-likeness (QED) is 0.0123. The average Bonchev–Trinajstić information content (AvgIpc) is 1.59. The second kappa shape index (κ2) is 47.6. The number of aromatic nitrogens is 9. The first-order valence-corrected chi connectivity index (χ1v) is 48.7. The number of nitrogens with zero attached hydrogens (tertiary/aromatic N) is 19. The summed E-state index contributed by atoms with van der Waals surface area (Å²) in [6, 6.07) is 33.3. The molecule has 0 bridgehead atoms. The number of H-pyrrole nitrogens is 1. The first-order valence-electron chi connectivity index (χ1n) is 44.0. The van der Waals surface area contributed by atoms with Crippen LogP contribution in [0.15, 0.2) is 125 Å². The number of fused-ring (bicyclic) bond motifs is 3. The third kappa shape index (κ3) is 28.8. The zero-order valence-electron chi connectivity index (χ0n) is 78.6. The normalized spacial score (nSPS) is 15.1. The number of nitrogens with one attached hydrogen (secondary N) is 5. The summed E-state index contributed by atoms with van der Waals surface area (Å²) in [6.45, 7) is 45.1. The summed E-state index contributed by atoms with van der Waals surface area (Å²) < 4.78 is 72.8. The van der Waals surface area contributed by atoms with Crippen LogP contribution in [0, 0.1) is 81.5 Å². The van der Waals surface area contributed by atoms with Crippen LogP contribution in [-0.4, -0.2) is 242 Å². The largest absolute Gasteiger partial charge is 2.00 e. The van der Waals surface area contributed by atoms with E-state index in [1.165, 1.54) is 30.2 Å². The Morgan fingerprint density at radius 3 is 1.18 bits per heavy atom. The molecule has 136 heavy (non-hydrogen) atoms. The van der Waals surface area contributed by atoms with E-state index in [4.69, 9.17) is 71.8 Å². The van der Waals surface area contributed by atoms with Gasteiger partial charge in [0.25, 0.3) is 20.0 Å². The van der Waals surface area contributed by atoms with Gasteiger partial charge in [0.1, 0.15) is 52.0 Å². The number of carbonyl (C=O) groups excluding carboxylic acids is 5. The van der Waals surface area contributed by atoms with E-state index in [1.54, 1.807) is 71.1 Å². The number of likely N-dealkylation sites (tertiary alicyclic amines) is 3. The van der Waals surface area contributed by atoms with Gasteiger partial charge in [-0.15, -0.1) is 0 Å². The zero-order chi connectivity index (χ0) is 98.6. The molecule has 5 amide bonds. The molecule has 15 rings (SSSR count). The van der Waals surface area contributed by atoms with E-state index in [2.05, 4.69) is 108 Å². The third-order valence-electron chi connectivity index (χ3n) is 22.7. The fourth-order valence-electron chi connectivity index (χ4n) is 15.6. The van der Waals surface area contributed by atoms with Gasteiger partial charge in [-0.2, -0.15) is 30.5 Å². The van der Waals surface area contributed by atoms with Crippen LogP contribution in [-0.2, 0) is 63.3 Å². The van der Waals surface area contributed by atoms with Gasteiger partial charge in [-0.3, -0.25) is 9.59 Å². The minimum absolute atomic E-state index is 0. The van der Waals surface area contributed by atoms with Crippen LogP contribution in [0.3, 0.4) is 0 Å². The number of aryl methyl sites for hydroxylation is 2. The van der Waals surface area contributed by atoms with Crippen molar-refractivity contribution in [2.45, 2.75) is 155 Å². The maximum absolute atomic E-state index is 13.4. The summed E-state index contributed by atoms with van der Waals surface area (Å²) in [5.74, 6) is 2.95. The van der Waals surface area contributed by atoms with Crippen molar-refractivity contribution in [2.24, 2.45) is 17.8 Å². The fourth-order valence-corrected chi connectivity index (χ4v) is 19.5. The maximum Gasteiger partial charge on any atom is 2.00 e. The average molecular weight is 2100 g/mol. The molecule has 0 spiro atoms. The molecule has 11 heterocycles. The van der Waals surface area contributed by atoms with Crippen LogP contribution >= 0.6 is 45.8 Å². The molecular weight excluding hydrogens is 1990 g/mol. The molecule has 0 atom stereocenters. The van der Waals surface area contributed by atoms with E-state index in [-0.39, 0.29) is 98.1 Å². The second-order valence-corrected chi connectivity index (χ2v) is 41.5. The van der Waals surface area contributed by atoms with Crippen molar-refractivity contribution in [1.29, 1.82) is 21.0 Å². The number of hydrogen-bond donors (Lipinski definition) is 6. The Morgan fingerprint density at radius 1 is 0.478 bits per heavy atom. The Morgan fingerprint density at radius 2 is 0.824 bits per heavy atom. The summed E-state index contributed by atoms with van der Waals surface area (Å²) in [5.41, 5.74) is 11.3. The summed E-state index contributed by atoms with van der Waals surface area (Å²) in [4.78, 5) is 103. The number of aromatic amines is 1. The number of carbonyl (C=O) groups is 5. The number of nitriles is 2. The molecule has 0 unspecified atom stereocenters. The molecule has 0 radical (unpaired) electrons. The van der Waals surface area contributed by atoms with Crippen molar-refractivity contribution >= 4 is 175 Å². The number of halogens is 3. The van der Waals surface area contributed by atoms with Crippen LogP contribution in [0.25, 0.3) is 33.1 Å². The number of anilines is 8. The Kier molecular flexibility index (Phi) is 37.6. The van der Waals surface area contributed by atoms with Crippen LogP contribution in [0.2, 0.25) is 10.6 Å². The molecule has 0 aliphatic carbocycles. The monoisotopic (exact) mass is 2100 g/mol. The zero-order valence-corrected chi connectivity index (χ0v) is 86.9. The molecule has 0 saturated carbocycles. The molecule has 7 N–H and O–H groups in total. The molecule has 5 saturated heterocycles. The third-order valence-corrected chi connectivity index (χ3v) is 27.2. The molecule has 718 valence electrons. The second-order valence-electron chi connectivity index (χ2n) is 36.0. The van der Waals surface area contributed by atoms with Gasteiger partial charge in [0.05, 0.1) is 37.1 Å². The Bertz CT molecular complexity index is 6190. The van der Waals surface area contributed by atoms with Gasteiger partial charge in [-0.25, -0.2) is 49.1 Å². The van der Waals surface area contributed by atoms with E-state index in [1.807, 2.05) is 122 Å². The fraction of sp³-hybridized carbons (Fsp3) is 0.452. The summed E-state index contributed by atoms with van der Waals surface area (Å²) in [6.07, 6.45) is 8.38. The van der Waals surface area contributed by atoms with E-state index in [0.29, 0.717) is 120 Å². The van der Waals surface area contributed by atoms with Crippen molar-refractivity contribution in [3.8, 4) is 12.1 Å². The van der Waals surface area contributed by atoms with Crippen LogP contribution in [0.4, 0.5) is 60.5 Å². The molecule has 5 aliphatic rings. The van der Waals surface area contributed by atoms with Crippen LogP contribution in [0.5, 0.6) is 0 Å². The number of rotatable bonds is 17. The molecule has 6 aromatic heterocycles. The van der Waals surface area contributed by atoms with E-state index >= 15 is 0 Å². The number of hydrogen-bond acceptors (Lipinski definition) is 29. The predicted octanol–water partition coefficient (Wildman–Crippen LogP) is 15.3. The van der Waals surface area contributed by atoms with Crippen molar-refractivity contribution < 1.29 is 74.5 Å². The van der Waals surface area contributed by atoms with Crippen LogP contribution < -0.4 is 36.8 Å². The van der Waals surface area contributed by atoms with Crippen molar-refractivity contribution in [3.63, 3.8) is 0 Å². The molecule has 43 heteroatoms. The minimum Gasteiger partial charge on any atom is -0.512 e. The molecule has 37 nitrogen and oxygen atoms in total. The Labute approximate surface area is 830 Å². The minimum atomic E-state index is -4.03. The first-order chi connectivity index (χ1) is 64.0. The van der Waals surface area contributed by atoms with Gasteiger partial charge in [-0.05, 0) is 251 Å². The van der Waals surface area contributed by atoms with Gasteiger partial charge in [-0.1, -0.05) is 35.4 Å². The number of piperidine rings is 3. The van der Waals surface area contributed by atoms with Gasteiger partial charge < -0.3 is 104 Å². The molecule has 5 aliphatic heterocycles. The van der Waals surface area contributed by atoms with Crippen molar-refractivity contribution in [3.05, 3.63) is 165 Å². The molecule has 5 fully saturated rings. The number of ether oxygens (including phenoxy) is 3. The van der Waals surface area contributed by atoms with E-state index in [9.17, 15) is 51.3 Å². The van der Waals surface area contributed by atoms with Gasteiger partial charge in [0.15, 0.2) is 11.3 Å². The molecule has 10 aromatic rings. The van der Waals surface area contributed by atoms with Crippen molar-refractivity contribution in [2.75, 3.05) is 148 Å². The van der Waals surface area contributed by atoms with Gasteiger partial charge in [0.2, 0.25) is 28.3 Å². The number of benzene rings is 4. The van der Waals surface area contributed by atoms with E-state index < -0.39 is 36.8 Å². The topological polar surface area (TPSA) is 476 Å². The number of nitrogens with two attached hydrogens (primary N) is 1.